The molecule has 5 nitrogen and oxygen atoms in total. The number of amides is 1. The molecule has 0 heterocycles. The van der Waals surface area contributed by atoms with Crippen LogP contribution in [0.25, 0.3) is 0 Å². The van der Waals surface area contributed by atoms with Crippen molar-refractivity contribution >= 4 is 23.5 Å². The molecule has 1 aromatic rings. The Labute approximate surface area is 112 Å². The molecule has 98 valence electrons. The van der Waals surface area contributed by atoms with Crippen molar-refractivity contribution in [1.82, 2.24) is 16.0 Å². The van der Waals surface area contributed by atoms with E-state index in [-0.39, 0.29) is 5.91 Å². The van der Waals surface area contributed by atoms with Crippen molar-refractivity contribution in [3.63, 3.8) is 0 Å². The van der Waals surface area contributed by atoms with Crippen LogP contribution < -0.4 is 16.0 Å². The first-order chi connectivity index (χ1) is 8.69. The molecular formula is C12H17ClN4O. The second-order valence-electron chi connectivity index (χ2n) is 3.48. The summed E-state index contributed by atoms with van der Waals surface area (Å²) in [6, 6.07) is 6.95. The molecule has 0 saturated heterocycles. The Balaban J connectivity index is 2.37. The molecule has 0 aromatic heterocycles. The third-order valence-corrected chi connectivity index (χ3v) is 2.61. The number of nitrogens with one attached hydrogen (secondary N) is 3. The Morgan fingerprint density at radius 3 is 2.56 bits per heavy atom. The van der Waals surface area contributed by atoms with Crippen molar-refractivity contribution in [1.29, 1.82) is 0 Å². The van der Waals surface area contributed by atoms with Crippen LogP contribution in [-0.2, 0) is 0 Å². The van der Waals surface area contributed by atoms with E-state index in [0.29, 0.717) is 29.6 Å². The van der Waals surface area contributed by atoms with Crippen LogP contribution in [0.15, 0.2) is 29.3 Å². The summed E-state index contributed by atoms with van der Waals surface area (Å²) in [6.07, 6.45) is 0. The number of hydrogen-bond acceptors (Lipinski definition) is 2. The lowest BCUT2D eigenvalue weighted by Crippen LogP contribution is -2.40. The van der Waals surface area contributed by atoms with E-state index in [1.54, 1.807) is 38.4 Å². The number of guanidine groups is 1. The smallest absolute Gasteiger partial charge is 0.252 e. The molecule has 1 amide bonds. The molecule has 0 unspecified atom stereocenters. The minimum Gasteiger partial charge on any atom is -0.359 e. The topological polar surface area (TPSA) is 65.5 Å². The van der Waals surface area contributed by atoms with Gasteiger partial charge in [-0.25, -0.2) is 0 Å². The zero-order valence-electron chi connectivity index (χ0n) is 10.5. The van der Waals surface area contributed by atoms with Gasteiger partial charge in [0.1, 0.15) is 0 Å². The van der Waals surface area contributed by atoms with Crippen LogP contribution in [0.2, 0.25) is 5.02 Å². The van der Waals surface area contributed by atoms with Gasteiger partial charge in [0.25, 0.3) is 5.91 Å². The fourth-order valence-electron chi connectivity index (χ4n) is 1.38. The molecule has 0 fully saturated rings. The van der Waals surface area contributed by atoms with Crippen LogP contribution in [0.4, 0.5) is 0 Å². The molecule has 0 aliphatic heterocycles. The second-order valence-corrected chi connectivity index (χ2v) is 3.89. The van der Waals surface area contributed by atoms with Gasteiger partial charge < -0.3 is 16.0 Å². The summed E-state index contributed by atoms with van der Waals surface area (Å²) in [4.78, 5) is 15.7. The Morgan fingerprint density at radius 1 is 1.28 bits per heavy atom. The highest BCUT2D eigenvalue weighted by Gasteiger charge is 2.08. The van der Waals surface area contributed by atoms with E-state index in [9.17, 15) is 4.79 Å². The second kappa shape index (κ2) is 7.55. The van der Waals surface area contributed by atoms with Gasteiger partial charge in [-0.15, -0.1) is 0 Å². The largest absolute Gasteiger partial charge is 0.359 e. The molecule has 0 spiro atoms. The predicted octanol–water partition coefficient (Wildman–Crippen LogP) is 0.865. The molecule has 3 N–H and O–H groups in total. The van der Waals surface area contributed by atoms with E-state index in [0.717, 1.165) is 0 Å². The monoisotopic (exact) mass is 268 g/mol. The summed E-state index contributed by atoms with van der Waals surface area (Å²) in [5.41, 5.74) is 0.483. The number of benzene rings is 1. The van der Waals surface area contributed by atoms with Gasteiger partial charge in [-0.1, -0.05) is 23.7 Å². The van der Waals surface area contributed by atoms with Gasteiger partial charge in [-0.05, 0) is 12.1 Å². The third-order valence-electron chi connectivity index (χ3n) is 2.28. The maximum absolute atomic E-state index is 11.8. The quantitative estimate of drug-likeness (QED) is 0.431. The Morgan fingerprint density at radius 2 is 1.94 bits per heavy atom. The average molecular weight is 269 g/mol. The number of carbonyl (C=O) groups excluding carboxylic acids is 1. The molecule has 0 bridgehead atoms. The molecule has 0 aliphatic carbocycles. The lowest BCUT2D eigenvalue weighted by Gasteiger charge is -2.09. The van der Waals surface area contributed by atoms with E-state index >= 15 is 0 Å². The zero-order valence-corrected chi connectivity index (χ0v) is 11.2. The predicted molar refractivity (Wildman–Crippen MR) is 74.2 cm³/mol. The highest BCUT2D eigenvalue weighted by Crippen LogP contribution is 2.14. The number of halogens is 1. The number of nitrogens with zero attached hydrogens (tertiary/aromatic N) is 1. The van der Waals surface area contributed by atoms with Gasteiger partial charge in [0.15, 0.2) is 5.96 Å². The van der Waals surface area contributed by atoms with E-state index in [2.05, 4.69) is 20.9 Å². The van der Waals surface area contributed by atoms with Crippen LogP contribution >= 0.6 is 11.6 Å². The van der Waals surface area contributed by atoms with Crippen LogP contribution in [0.1, 0.15) is 10.4 Å². The third kappa shape index (κ3) is 4.25. The summed E-state index contributed by atoms with van der Waals surface area (Å²) < 4.78 is 0. The molecule has 0 atom stereocenters. The van der Waals surface area contributed by atoms with Crippen molar-refractivity contribution in [2.45, 2.75) is 0 Å². The Kier molecular flexibility index (Phi) is 6.00. The van der Waals surface area contributed by atoms with Crippen molar-refractivity contribution in [2.75, 3.05) is 27.2 Å². The number of aliphatic imine (C=N–C) groups is 1. The lowest BCUT2D eigenvalue weighted by atomic mass is 10.2. The van der Waals surface area contributed by atoms with Gasteiger partial charge in [0.2, 0.25) is 0 Å². The van der Waals surface area contributed by atoms with Gasteiger partial charge in [-0.3, -0.25) is 9.79 Å². The summed E-state index contributed by atoms with van der Waals surface area (Å²) in [5.74, 6) is 0.504. The van der Waals surface area contributed by atoms with Crippen LogP contribution in [0.3, 0.4) is 0 Å². The Bertz CT molecular complexity index is 434. The van der Waals surface area contributed by atoms with Gasteiger partial charge in [0, 0.05) is 27.2 Å². The zero-order chi connectivity index (χ0) is 13.4. The lowest BCUT2D eigenvalue weighted by molar-refractivity contribution is 0.0954. The first-order valence-corrected chi connectivity index (χ1v) is 5.98. The number of carbonyl (C=O) groups is 1. The Hall–Kier alpha value is -1.75. The average Bonchev–Trinajstić information content (AvgIpc) is 2.39. The maximum Gasteiger partial charge on any atom is 0.252 e. The minimum absolute atomic E-state index is 0.179. The highest BCUT2D eigenvalue weighted by atomic mass is 35.5. The summed E-state index contributed by atoms with van der Waals surface area (Å²) in [7, 11) is 3.46. The molecule has 6 heteroatoms. The fourth-order valence-corrected chi connectivity index (χ4v) is 1.60. The van der Waals surface area contributed by atoms with Crippen molar-refractivity contribution < 1.29 is 4.79 Å². The molecule has 0 aliphatic rings. The van der Waals surface area contributed by atoms with Crippen molar-refractivity contribution in [3.05, 3.63) is 34.9 Å². The van der Waals surface area contributed by atoms with Crippen molar-refractivity contribution in [2.24, 2.45) is 4.99 Å². The highest BCUT2D eigenvalue weighted by molar-refractivity contribution is 6.33. The molecule has 0 radical (unpaired) electrons. The minimum atomic E-state index is -0.179. The van der Waals surface area contributed by atoms with Crippen LogP contribution in [0.5, 0.6) is 0 Å². The number of rotatable bonds is 4. The maximum atomic E-state index is 11.8. The summed E-state index contributed by atoms with van der Waals surface area (Å²) in [6.45, 7) is 1.08. The SMILES string of the molecule is CN=C(NC)NCCNC(=O)c1ccccc1Cl. The van der Waals surface area contributed by atoms with Gasteiger partial charge >= 0.3 is 0 Å². The van der Waals surface area contributed by atoms with E-state index in [1.807, 2.05) is 0 Å². The first kappa shape index (κ1) is 14.3. The van der Waals surface area contributed by atoms with Gasteiger partial charge in [-0.2, -0.15) is 0 Å². The summed E-state index contributed by atoms with van der Waals surface area (Å²) >= 11 is 5.92. The van der Waals surface area contributed by atoms with Crippen molar-refractivity contribution in [3.8, 4) is 0 Å². The van der Waals surface area contributed by atoms with E-state index < -0.39 is 0 Å². The van der Waals surface area contributed by atoms with E-state index in [4.69, 9.17) is 11.6 Å². The molecule has 1 aromatic carbocycles. The normalized spacial score (nSPS) is 10.9. The molecule has 0 saturated carbocycles. The van der Waals surface area contributed by atoms with Gasteiger partial charge in [0.05, 0.1) is 10.6 Å². The van der Waals surface area contributed by atoms with E-state index in [1.165, 1.54) is 0 Å². The fraction of sp³-hybridized carbons (Fsp3) is 0.333. The molecular weight excluding hydrogens is 252 g/mol. The summed E-state index contributed by atoms with van der Waals surface area (Å²) in [5, 5.41) is 9.14. The molecule has 18 heavy (non-hydrogen) atoms. The molecule has 1 rings (SSSR count). The van der Waals surface area contributed by atoms with Crippen LogP contribution in [0, 0.1) is 0 Å². The number of hydrogen-bond donors (Lipinski definition) is 3. The van der Waals surface area contributed by atoms with Crippen LogP contribution in [-0.4, -0.2) is 39.1 Å². The standard InChI is InChI=1S/C12H17ClN4O/c1-14-12(15-2)17-8-7-16-11(18)9-5-3-4-6-10(9)13/h3-6H,7-8H2,1-2H3,(H,16,18)(H2,14,15,17). The first-order valence-electron chi connectivity index (χ1n) is 5.60.